The number of hydrogen-bond donors (Lipinski definition) is 1. The van der Waals surface area contributed by atoms with Gasteiger partial charge in [-0.2, -0.15) is 5.10 Å². The molecule has 21 heavy (non-hydrogen) atoms. The van der Waals surface area contributed by atoms with Crippen molar-refractivity contribution >= 4 is 0 Å². The van der Waals surface area contributed by atoms with Crippen molar-refractivity contribution in [2.24, 2.45) is 11.3 Å². The number of benzene rings is 1. The van der Waals surface area contributed by atoms with Crippen LogP contribution in [0.4, 0.5) is 0 Å². The van der Waals surface area contributed by atoms with Crippen molar-refractivity contribution in [3.8, 4) is 5.69 Å². The molecule has 0 aliphatic heterocycles. The monoisotopic (exact) mass is 283 g/mol. The molecule has 1 aromatic heterocycles. The Balaban J connectivity index is 1.60. The molecule has 1 aromatic carbocycles. The highest BCUT2D eigenvalue weighted by Gasteiger charge is 2.36. The lowest BCUT2D eigenvalue weighted by Gasteiger charge is -2.44. The second kappa shape index (κ2) is 5.64. The van der Waals surface area contributed by atoms with Crippen LogP contribution < -0.4 is 5.32 Å². The van der Waals surface area contributed by atoms with Crippen LogP contribution in [0.15, 0.2) is 42.7 Å². The van der Waals surface area contributed by atoms with Crippen molar-refractivity contribution in [3.05, 3.63) is 48.3 Å². The third-order valence-electron chi connectivity index (χ3n) is 4.69. The molecule has 0 saturated heterocycles. The van der Waals surface area contributed by atoms with Crippen molar-refractivity contribution < 1.29 is 0 Å². The van der Waals surface area contributed by atoms with Crippen molar-refractivity contribution in [1.29, 1.82) is 0 Å². The summed E-state index contributed by atoms with van der Waals surface area (Å²) >= 11 is 0. The van der Waals surface area contributed by atoms with Crippen LogP contribution >= 0.6 is 0 Å². The molecule has 0 unspecified atom stereocenters. The molecular formula is C18H25N3. The van der Waals surface area contributed by atoms with Crippen LogP contribution in [0.5, 0.6) is 0 Å². The van der Waals surface area contributed by atoms with E-state index in [4.69, 9.17) is 0 Å². The lowest BCUT2D eigenvalue weighted by Crippen LogP contribution is -2.45. The third kappa shape index (κ3) is 3.18. The molecule has 0 spiro atoms. The minimum Gasteiger partial charge on any atom is -0.310 e. The molecule has 0 radical (unpaired) electrons. The molecule has 3 heteroatoms. The number of para-hydroxylation sites is 1. The number of rotatable bonds is 4. The lowest BCUT2D eigenvalue weighted by atomic mass is 9.66. The van der Waals surface area contributed by atoms with Crippen molar-refractivity contribution in [1.82, 2.24) is 15.1 Å². The summed E-state index contributed by atoms with van der Waals surface area (Å²) < 4.78 is 1.94. The molecule has 0 bridgehead atoms. The van der Waals surface area contributed by atoms with Gasteiger partial charge in [-0.05, 0) is 41.9 Å². The molecule has 3 rings (SSSR count). The largest absolute Gasteiger partial charge is 0.310 e. The zero-order valence-corrected chi connectivity index (χ0v) is 13.2. The Morgan fingerprint density at radius 3 is 2.62 bits per heavy atom. The van der Waals surface area contributed by atoms with Crippen LogP contribution in [0.25, 0.3) is 5.69 Å². The Kier molecular flexibility index (Phi) is 3.85. The maximum Gasteiger partial charge on any atom is 0.0690 e. The summed E-state index contributed by atoms with van der Waals surface area (Å²) in [6.07, 6.45) is 6.42. The molecular weight excluding hydrogens is 258 g/mol. The van der Waals surface area contributed by atoms with Gasteiger partial charge in [0.15, 0.2) is 0 Å². The van der Waals surface area contributed by atoms with E-state index >= 15 is 0 Å². The second-order valence-corrected chi connectivity index (χ2v) is 7.19. The normalized spacial score (nSPS) is 22.0. The van der Waals surface area contributed by atoms with Crippen molar-refractivity contribution in [2.75, 3.05) is 0 Å². The predicted molar refractivity (Wildman–Crippen MR) is 86.4 cm³/mol. The lowest BCUT2D eigenvalue weighted by molar-refractivity contribution is 0.0978. The maximum absolute atomic E-state index is 4.34. The van der Waals surface area contributed by atoms with Gasteiger partial charge in [0.1, 0.15) is 0 Å². The summed E-state index contributed by atoms with van der Waals surface area (Å²) in [6.45, 7) is 7.96. The molecule has 1 N–H and O–H groups in total. The fraction of sp³-hybridized carbons (Fsp3) is 0.500. The van der Waals surface area contributed by atoms with Gasteiger partial charge in [-0.15, -0.1) is 0 Å². The van der Waals surface area contributed by atoms with E-state index in [1.807, 2.05) is 23.1 Å². The van der Waals surface area contributed by atoms with E-state index in [-0.39, 0.29) is 0 Å². The van der Waals surface area contributed by atoms with Crippen LogP contribution in [-0.2, 0) is 6.54 Å². The summed E-state index contributed by atoms with van der Waals surface area (Å²) in [4.78, 5) is 0. The quantitative estimate of drug-likeness (QED) is 0.925. The minimum absolute atomic E-state index is 0.450. The Morgan fingerprint density at radius 1 is 1.19 bits per heavy atom. The van der Waals surface area contributed by atoms with Crippen LogP contribution in [0.3, 0.4) is 0 Å². The van der Waals surface area contributed by atoms with Gasteiger partial charge in [0, 0.05) is 25.0 Å². The van der Waals surface area contributed by atoms with E-state index in [0.717, 1.165) is 12.5 Å². The minimum atomic E-state index is 0.450. The van der Waals surface area contributed by atoms with E-state index in [1.165, 1.54) is 24.1 Å². The summed E-state index contributed by atoms with van der Waals surface area (Å²) in [6, 6.07) is 11.1. The molecule has 1 aliphatic carbocycles. The molecule has 1 fully saturated rings. The number of nitrogens with one attached hydrogen (secondary N) is 1. The van der Waals surface area contributed by atoms with Crippen molar-refractivity contribution in [3.63, 3.8) is 0 Å². The van der Waals surface area contributed by atoms with Crippen LogP contribution in [0, 0.1) is 11.3 Å². The molecule has 1 heterocycles. The van der Waals surface area contributed by atoms with Crippen LogP contribution in [0.2, 0.25) is 0 Å². The van der Waals surface area contributed by atoms with E-state index in [0.29, 0.717) is 11.5 Å². The van der Waals surface area contributed by atoms with Gasteiger partial charge in [-0.1, -0.05) is 39.0 Å². The molecule has 3 nitrogen and oxygen atoms in total. The van der Waals surface area contributed by atoms with E-state index in [9.17, 15) is 0 Å². The summed E-state index contributed by atoms with van der Waals surface area (Å²) in [7, 11) is 0. The van der Waals surface area contributed by atoms with Crippen LogP contribution in [-0.4, -0.2) is 15.8 Å². The fourth-order valence-electron chi connectivity index (χ4n) is 3.04. The number of nitrogens with zero attached hydrogens (tertiary/aromatic N) is 2. The van der Waals surface area contributed by atoms with Gasteiger partial charge in [0.2, 0.25) is 0 Å². The summed E-state index contributed by atoms with van der Waals surface area (Å²) in [5, 5.41) is 8.04. The first kappa shape index (κ1) is 14.3. The maximum atomic E-state index is 4.34. The van der Waals surface area contributed by atoms with Gasteiger partial charge in [0.05, 0.1) is 5.69 Å². The smallest absolute Gasteiger partial charge is 0.0690 e. The SMILES string of the molecule is CC(C)(C)C1CC(NCc2ccccc2-n2cccn2)C1. The predicted octanol–water partition coefficient (Wildman–Crippen LogP) is 3.79. The standard InChI is InChI=1S/C18H25N3/c1-18(2,3)15-11-16(12-15)19-13-14-7-4-5-8-17(14)21-10-6-9-20-21/h4-10,15-16,19H,11-13H2,1-3H3. The van der Waals surface area contributed by atoms with E-state index < -0.39 is 0 Å². The first-order chi connectivity index (χ1) is 10.0. The Hall–Kier alpha value is -1.61. The van der Waals surface area contributed by atoms with Gasteiger partial charge >= 0.3 is 0 Å². The number of hydrogen-bond acceptors (Lipinski definition) is 2. The molecule has 0 atom stereocenters. The highest BCUT2D eigenvalue weighted by atomic mass is 15.3. The second-order valence-electron chi connectivity index (χ2n) is 7.19. The zero-order valence-electron chi connectivity index (χ0n) is 13.2. The average Bonchev–Trinajstić information content (AvgIpc) is 2.89. The first-order valence-corrected chi connectivity index (χ1v) is 7.85. The van der Waals surface area contributed by atoms with E-state index in [1.54, 1.807) is 0 Å². The van der Waals surface area contributed by atoms with E-state index in [2.05, 4.69) is 55.5 Å². The van der Waals surface area contributed by atoms with Gasteiger partial charge in [0.25, 0.3) is 0 Å². The molecule has 2 aromatic rings. The zero-order chi connectivity index (χ0) is 14.9. The summed E-state index contributed by atoms with van der Waals surface area (Å²) in [5.41, 5.74) is 2.92. The van der Waals surface area contributed by atoms with Crippen molar-refractivity contribution in [2.45, 2.75) is 46.2 Å². The van der Waals surface area contributed by atoms with Gasteiger partial charge < -0.3 is 5.32 Å². The fourth-order valence-corrected chi connectivity index (χ4v) is 3.04. The first-order valence-electron chi connectivity index (χ1n) is 7.85. The summed E-state index contributed by atoms with van der Waals surface area (Å²) in [5.74, 6) is 0.858. The highest BCUT2D eigenvalue weighted by molar-refractivity contribution is 5.40. The highest BCUT2D eigenvalue weighted by Crippen LogP contribution is 2.41. The third-order valence-corrected chi connectivity index (χ3v) is 4.69. The Bertz CT molecular complexity index is 575. The molecule has 0 amide bonds. The average molecular weight is 283 g/mol. The number of aromatic nitrogens is 2. The molecule has 112 valence electrons. The van der Waals surface area contributed by atoms with Crippen LogP contribution in [0.1, 0.15) is 39.2 Å². The van der Waals surface area contributed by atoms with Gasteiger partial charge in [-0.3, -0.25) is 0 Å². The molecule has 1 saturated carbocycles. The Labute approximate surface area is 127 Å². The van der Waals surface area contributed by atoms with Gasteiger partial charge in [-0.25, -0.2) is 4.68 Å². The molecule has 1 aliphatic rings. The Morgan fingerprint density at radius 2 is 1.95 bits per heavy atom. The topological polar surface area (TPSA) is 29.9 Å².